The summed E-state index contributed by atoms with van der Waals surface area (Å²) < 4.78 is 11.2. The summed E-state index contributed by atoms with van der Waals surface area (Å²) >= 11 is 0. The molecular formula is C18H22N4O4. The number of hydrogen-bond donors (Lipinski definition) is 2. The predicted molar refractivity (Wildman–Crippen MR) is 96.7 cm³/mol. The van der Waals surface area contributed by atoms with Crippen LogP contribution in [0.2, 0.25) is 0 Å². The van der Waals surface area contributed by atoms with Crippen LogP contribution < -0.4 is 15.4 Å². The highest BCUT2D eigenvalue weighted by Gasteiger charge is 2.28. The zero-order valence-corrected chi connectivity index (χ0v) is 14.8. The van der Waals surface area contributed by atoms with Crippen molar-refractivity contribution in [1.82, 2.24) is 9.97 Å². The van der Waals surface area contributed by atoms with Crippen LogP contribution in [0.4, 0.5) is 11.8 Å². The summed E-state index contributed by atoms with van der Waals surface area (Å²) in [6, 6.07) is 6.44. The largest absolute Gasteiger partial charge is 0.496 e. The van der Waals surface area contributed by atoms with Crippen molar-refractivity contribution in [3.63, 3.8) is 0 Å². The highest BCUT2D eigenvalue weighted by atomic mass is 16.5. The average Bonchev–Trinajstić information content (AvgIpc) is 2.86. The number of carbonyl (C=O) groups is 1. The molecule has 1 aliphatic rings. The van der Waals surface area contributed by atoms with Gasteiger partial charge in [0.1, 0.15) is 11.6 Å². The number of rotatable bonds is 4. The number of aromatic carboxylic acids is 1. The summed E-state index contributed by atoms with van der Waals surface area (Å²) in [4.78, 5) is 22.0. The van der Waals surface area contributed by atoms with Gasteiger partial charge in [-0.15, -0.1) is 0 Å². The maximum absolute atomic E-state index is 11.4. The van der Waals surface area contributed by atoms with Crippen molar-refractivity contribution in [3.8, 4) is 5.75 Å². The fraction of sp³-hybridized carbons (Fsp3) is 0.389. The quantitative estimate of drug-likeness (QED) is 0.854. The van der Waals surface area contributed by atoms with Gasteiger partial charge in [0.25, 0.3) is 0 Å². The first-order valence-corrected chi connectivity index (χ1v) is 8.36. The normalized spacial score (nSPS) is 17.6. The number of hydrogen-bond acceptors (Lipinski definition) is 7. The van der Waals surface area contributed by atoms with Gasteiger partial charge < -0.3 is 25.2 Å². The van der Waals surface area contributed by atoms with Crippen LogP contribution in [0.3, 0.4) is 0 Å². The van der Waals surface area contributed by atoms with Crippen LogP contribution >= 0.6 is 0 Å². The summed E-state index contributed by atoms with van der Waals surface area (Å²) in [7, 11) is 1.56. The molecular weight excluding hydrogens is 336 g/mol. The van der Waals surface area contributed by atoms with Crippen LogP contribution in [0, 0.1) is 6.92 Å². The molecule has 1 unspecified atom stereocenters. The standard InChI is InChI=1S/C18H22N4O4/c1-11-8-16(21-18(19)20-11)22-6-3-7-26-10-14(22)13-9-12(17(23)24)4-5-15(13)25-2/h4-5,8-9,14H,3,6-7,10H2,1-2H3,(H,23,24)(H2,19,20,21). The molecule has 1 atom stereocenters. The number of methoxy groups -OCH3 is 1. The van der Waals surface area contributed by atoms with E-state index in [1.807, 2.05) is 13.0 Å². The van der Waals surface area contributed by atoms with Crippen molar-refractivity contribution < 1.29 is 19.4 Å². The summed E-state index contributed by atoms with van der Waals surface area (Å²) in [5.41, 5.74) is 7.53. The summed E-state index contributed by atoms with van der Waals surface area (Å²) in [6.45, 7) is 3.56. The van der Waals surface area contributed by atoms with Crippen molar-refractivity contribution in [2.45, 2.75) is 19.4 Å². The maximum Gasteiger partial charge on any atom is 0.335 e. The molecule has 2 aromatic rings. The molecule has 3 rings (SSSR count). The van der Waals surface area contributed by atoms with E-state index >= 15 is 0 Å². The average molecular weight is 358 g/mol. The van der Waals surface area contributed by atoms with E-state index in [4.69, 9.17) is 15.2 Å². The molecule has 0 bridgehead atoms. The highest BCUT2D eigenvalue weighted by Crippen LogP contribution is 2.35. The SMILES string of the molecule is COc1ccc(C(=O)O)cc1C1COCCCN1c1cc(C)nc(N)n1. The van der Waals surface area contributed by atoms with E-state index in [2.05, 4.69) is 14.9 Å². The van der Waals surface area contributed by atoms with Crippen LogP contribution in [-0.4, -0.2) is 47.9 Å². The second kappa shape index (κ2) is 7.57. The zero-order chi connectivity index (χ0) is 18.7. The third-order valence-corrected chi connectivity index (χ3v) is 4.33. The summed E-state index contributed by atoms with van der Waals surface area (Å²) in [6.07, 6.45) is 0.820. The molecule has 1 aromatic heterocycles. The first-order valence-electron chi connectivity index (χ1n) is 8.36. The third-order valence-electron chi connectivity index (χ3n) is 4.33. The molecule has 26 heavy (non-hydrogen) atoms. The molecule has 1 saturated heterocycles. The Morgan fingerprint density at radius 2 is 2.19 bits per heavy atom. The number of carboxylic acids is 1. The Balaban J connectivity index is 2.09. The second-order valence-corrected chi connectivity index (χ2v) is 6.13. The molecule has 0 radical (unpaired) electrons. The number of nitrogen functional groups attached to an aromatic ring is 1. The number of ether oxygens (including phenoxy) is 2. The minimum atomic E-state index is -0.989. The smallest absolute Gasteiger partial charge is 0.335 e. The lowest BCUT2D eigenvalue weighted by molar-refractivity contribution is 0.0696. The first-order chi connectivity index (χ1) is 12.5. The lowest BCUT2D eigenvalue weighted by atomic mass is 10.0. The molecule has 138 valence electrons. The number of carboxylic acid groups (broad SMARTS) is 1. The minimum absolute atomic E-state index is 0.198. The van der Waals surface area contributed by atoms with Crippen molar-refractivity contribution in [2.75, 3.05) is 37.5 Å². The Kier molecular flexibility index (Phi) is 5.22. The van der Waals surface area contributed by atoms with Gasteiger partial charge in [0.2, 0.25) is 5.95 Å². The van der Waals surface area contributed by atoms with Crippen LogP contribution in [0.15, 0.2) is 24.3 Å². The van der Waals surface area contributed by atoms with Crippen LogP contribution in [0.1, 0.15) is 34.1 Å². The van der Waals surface area contributed by atoms with Crippen LogP contribution in [-0.2, 0) is 4.74 Å². The second-order valence-electron chi connectivity index (χ2n) is 6.13. The first kappa shape index (κ1) is 17.9. The van der Waals surface area contributed by atoms with Gasteiger partial charge in [0, 0.05) is 30.5 Å². The topological polar surface area (TPSA) is 111 Å². The van der Waals surface area contributed by atoms with Gasteiger partial charge >= 0.3 is 5.97 Å². The zero-order valence-electron chi connectivity index (χ0n) is 14.8. The number of aryl methyl sites for hydroxylation is 1. The molecule has 0 spiro atoms. The van der Waals surface area contributed by atoms with Crippen LogP contribution in [0.5, 0.6) is 5.75 Å². The molecule has 3 N–H and O–H groups in total. The fourth-order valence-electron chi connectivity index (χ4n) is 3.16. The van der Waals surface area contributed by atoms with E-state index in [1.165, 1.54) is 6.07 Å². The van der Waals surface area contributed by atoms with Gasteiger partial charge in [-0.25, -0.2) is 9.78 Å². The molecule has 1 fully saturated rings. The van der Waals surface area contributed by atoms with E-state index < -0.39 is 5.97 Å². The lowest BCUT2D eigenvalue weighted by Gasteiger charge is -2.32. The Morgan fingerprint density at radius 3 is 2.88 bits per heavy atom. The molecule has 1 aliphatic heterocycles. The molecule has 2 heterocycles. The van der Waals surface area contributed by atoms with E-state index in [0.29, 0.717) is 31.3 Å². The van der Waals surface area contributed by atoms with E-state index in [1.54, 1.807) is 19.2 Å². The van der Waals surface area contributed by atoms with Gasteiger partial charge in [-0.3, -0.25) is 0 Å². The Bertz CT molecular complexity index is 792. The molecule has 8 nitrogen and oxygen atoms in total. The van der Waals surface area contributed by atoms with E-state index in [0.717, 1.165) is 17.7 Å². The molecule has 1 aromatic carbocycles. The van der Waals surface area contributed by atoms with Gasteiger partial charge in [0.05, 0.1) is 25.3 Å². The van der Waals surface area contributed by atoms with Crippen molar-refractivity contribution in [2.24, 2.45) is 0 Å². The number of nitrogens with two attached hydrogens (primary N) is 1. The predicted octanol–water partition coefficient (Wildman–Crippen LogP) is 2.04. The molecule has 0 amide bonds. The lowest BCUT2D eigenvalue weighted by Crippen LogP contribution is -2.32. The number of benzene rings is 1. The van der Waals surface area contributed by atoms with Crippen LogP contribution in [0.25, 0.3) is 0 Å². The minimum Gasteiger partial charge on any atom is -0.496 e. The fourth-order valence-corrected chi connectivity index (χ4v) is 3.16. The van der Waals surface area contributed by atoms with Gasteiger partial charge in [0.15, 0.2) is 0 Å². The molecule has 0 aliphatic carbocycles. The maximum atomic E-state index is 11.4. The van der Waals surface area contributed by atoms with Gasteiger partial charge in [-0.2, -0.15) is 4.98 Å². The van der Waals surface area contributed by atoms with E-state index in [-0.39, 0.29) is 17.6 Å². The summed E-state index contributed by atoms with van der Waals surface area (Å²) in [5, 5.41) is 9.36. The van der Waals surface area contributed by atoms with Crippen molar-refractivity contribution >= 4 is 17.7 Å². The van der Waals surface area contributed by atoms with Gasteiger partial charge in [-0.05, 0) is 31.5 Å². The monoisotopic (exact) mass is 358 g/mol. The Morgan fingerprint density at radius 1 is 1.38 bits per heavy atom. The number of aromatic nitrogens is 2. The Labute approximate surface area is 151 Å². The highest BCUT2D eigenvalue weighted by molar-refractivity contribution is 5.88. The van der Waals surface area contributed by atoms with E-state index in [9.17, 15) is 9.90 Å². The van der Waals surface area contributed by atoms with Gasteiger partial charge in [-0.1, -0.05) is 0 Å². The number of anilines is 2. The Hall–Kier alpha value is -2.87. The van der Waals surface area contributed by atoms with Crippen molar-refractivity contribution in [3.05, 3.63) is 41.1 Å². The number of nitrogens with zero attached hydrogens (tertiary/aromatic N) is 3. The molecule has 8 heteroatoms. The third kappa shape index (κ3) is 3.70. The summed E-state index contributed by atoms with van der Waals surface area (Å²) in [5.74, 6) is 0.509. The van der Waals surface area contributed by atoms with Crippen molar-refractivity contribution in [1.29, 1.82) is 0 Å². The molecule has 0 saturated carbocycles.